The highest BCUT2D eigenvalue weighted by molar-refractivity contribution is 6.38. The largest absolute Gasteiger partial charge is 0.275 e. The summed E-state index contributed by atoms with van der Waals surface area (Å²) in [5.41, 5.74) is 3.79. The molecule has 0 saturated carbocycles. The van der Waals surface area contributed by atoms with Crippen molar-refractivity contribution in [2.75, 3.05) is 4.90 Å². The zero-order valence-electron chi connectivity index (χ0n) is 14.3. The van der Waals surface area contributed by atoms with E-state index in [-0.39, 0.29) is 17.4 Å². The van der Waals surface area contributed by atoms with Crippen molar-refractivity contribution in [1.82, 2.24) is 20.2 Å². The number of H-pyrrole nitrogens is 1. The number of pyridine rings is 2. The molecule has 0 unspecified atom stereocenters. The molecule has 0 fully saturated rings. The summed E-state index contributed by atoms with van der Waals surface area (Å²) in [5.74, 6) is -0.750. The zero-order chi connectivity index (χ0) is 18.5. The second-order valence-corrected chi connectivity index (χ2v) is 6.32. The summed E-state index contributed by atoms with van der Waals surface area (Å²) >= 11 is 0. The Morgan fingerprint density at radius 1 is 1.00 bits per heavy atom. The summed E-state index contributed by atoms with van der Waals surface area (Å²) in [4.78, 5) is 35.9. The number of anilines is 1. The van der Waals surface area contributed by atoms with Gasteiger partial charge in [-0.1, -0.05) is 18.2 Å². The van der Waals surface area contributed by atoms with Gasteiger partial charge in [0, 0.05) is 24.2 Å². The molecule has 4 heterocycles. The topological polar surface area (TPSA) is 91.8 Å². The smallest absolute Gasteiger partial charge is 0.267 e. The molecule has 4 aromatic rings. The van der Waals surface area contributed by atoms with Crippen molar-refractivity contribution >= 4 is 28.5 Å². The lowest BCUT2D eigenvalue weighted by molar-refractivity contribution is 0.0926. The SMILES string of the molecule is Cc1ccccc1N1C(=O)c2cnc3n[nH]c(-c4cccnc4)c3c2C1=O. The summed E-state index contributed by atoms with van der Waals surface area (Å²) < 4.78 is 0. The fourth-order valence-electron chi connectivity index (χ4n) is 3.45. The van der Waals surface area contributed by atoms with Gasteiger partial charge in [0.05, 0.1) is 27.9 Å². The van der Waals surface area contributed by atoms with Crippen molar-refractivity contribution in [3.63, 3.8) is 0 Å². The van der Waals surface area contributed by atoms with Crippen LogP contribution in [0.3, 0.4) is 0 Å². The molecule has 130 valence electrons. The minimum absolute atomic E-state index is 0.280. The molecule has 2 amide bonds. The molecule has 0 saturated heterocycles. The van der Waals surface area contributed by atoms with Gasteiger partial charge < -0.3 is 0 Å². The third kappa shape index (κ3) is 2.11. The van der Waals surface area contributed by atoms with E-state index < -0.39 is 0 Å². The number of carbonyl (C=O) groups excluding carboxylic acids is 2. The molecule has 0 bridgehead atoms. The molecular formula is C20H13N5O2. The average molecular weight is 355 g/mol. The Bertz CT molecular complexity index is 1230. The quantitative estimate of drug-likeness (QED) is 0.558. The number of rotatable bonds is 2. The number of hydrogen-bond donors (Lipinski definition) is 1. The Balaban J connectivity index is 1.77. The van der Waals surface area contributed by atoms with Crippen LogP contribution in [0.25, 0.3) is 22.3 Å². The van der Waals surface area contributed by atoms with Gasteiger partial charge in [-0.05, 0) is 30.7 Å². The van der Waals surface area contributed by atoms with E-state index in [1.54, 1.807) is 30.6 Å². The maximum atomic E-state index is 13.3. The lowest BCUT2D eigenvalue weighted by Crippen LogP contribution is -2.30. The van der Waals surface area contributed by atoms with Gasteiger partial charge in [-0.3, -0.25) is 19.7 Å². The van der Waals surface area contributed by atoms with Gasteiger partial charge in [-0.15, -0.1) is 0 Å². The summed E-state index contributed by atoms with van der Waals surface area (Å²) in [6, 6.07) is 11.0. The van der Waals surface area contributed by atoms with E-state index in [2.05, 4.69) is 20.2 Å². The van der Waals surface area contributed by atoms with Crippen molar-refractivity contribution in [3.05, 3.63) is 71.7 Å². The molecule has 5 rings (SSSR count). The molecule has 7 nitrogen and oxygen atoms in total. The number of nitrogens with zero attached hydrogens (tertiary/aromatic N) is 4. The predicted molar refractivity (Wildman–Crippen MR) is 99.4 cm³/mol. The number of aromatic amines is 1. The summed E-state index contributed by atoms with van der Waals surface area (Å²) in [6.07, 6.45) is 4.76. The Kier molecular flexibility index (Phi) is 3.17. The van der Waals surface area contributed by atoms with Gasteiger partial charge in [0.25, 0.3) is 11.8 Å². The lowest BCUT2D eigenvalue weighted by atomic mass is 10.0. The number of amides is 2. The Hall–Kier alpha value is -3.87. The van der Waals surface area contributed by atoms with Gasteiger partial charge in [-0.25, -0.2) is 9.88 Å². The number of nitrogens with one attached hydrogen (secondary N) is 1. The first-order valence-electron chi connectivity index (χ1n) is 8.38. The van der Waals surface area contributed by atoms with Gasteiger partial charge >= 0.3 is 0 Å². The molecular weight excluding hydrogens is 342 g/mol. The van der Waals surface area contributed by atoms with Gasteiger partial charge in [-0.2, -0.15) is 5.10 Å². The molecule has 0 spiro atoms. The van der Waals surface area contributed by atoms with E-state index in [1.165, 1.54) is 11.1 Å². The van der Waals surface area contributed by atoms with Gasteiger partial charge in [0.1, 0.15) is 0 Å². The van der Waals surface area contributed by atoms with Crippen LogP contribution in [-0.2, 0) is 0 Å². The molecule has 1 aliphatic heterocycles. The van der Waals surface area contributed by atoms with Crippen LogP contribution < -0.4 is 4.90 Å². The van der Waals surface area contributed by atoms with E-state index in [4.69, 9.17) is 0 Å². The molecule has 0 aliphatic carbocycles. The number of aromatic nitrogens is 4. The fourth-order valence-corrected chi connectivity index (χ4v) is 3.45. The Labute approximate surface area is 153 Å². The van der Waals surface area contributed by atoms with Crippen LogP contribution in [0, 0.1) is 6.92 Å². The number of carbonyl (C=O) groups is 2. The fraction of sp³-hybridized carbons (Fsp3) is 0.0500. The zero-order valence-corrected chi connectivity index (χ0v) is 14.3. The van der Waals surface area contributed by atoms with Gasteiger partial charge in [0.15, 0.2) is 5.65 Å². The summed E-state index contributed by atoms with van der Waals surface area (Å²) in [7, 11) is 0. The van der Waals surface area contributed by atoms with Crippen LogP contribution in [0.1, 0.15) is 26.3 Å². The molecule has 0 radical (unpaired) electrons. The van der Waals surface area contributed by atoms with Crippen LogP contribution in [0.4, 0.5) is 5.69 Å². The molecule has 1 aromatic carbocycles. The third-order valence-electron chi connectivity index (χ3n) is 4.74. The van der Waals surface area contributed by atoms with E-state index in [0.717, 1.165) is 11.1 Å². The van der Waals surface area contributed by atoms with Crippen molar-refractivity contribution in [2.24, 2.45) is 0 Å². The first kappa shape index (κ1) is 15.4. The number of fused-ring (bicyclic) bond motifs is 3. The second-order valence-electron chi connectivity index (χ2n) is 6.32. The lowest BCUT2D eigenvalue weighted by Gasteiger charge is -2.16. The van der Waals surface area contributed by atoms with Crippen LogP contribution in [0.5, 0.6) is 0 Å². The molecule has 7 heteroatoms. The van der Waals surface area contributed by atoms with Crippen LogP contribution in [-0.4, -0.2) is 32.0 Å². The van der Waals surface area contributed by atoms with Crippen LogP contribution >= 0.6 is 0 Å². The number of hydrogen-bond acceptors (Lipinski definition) is 5. The summed E-state index contributed by atoms with van der Waals surface area (Å²) in [5, 5.41) is 7.66. The van der Waals surface area contributed by atoms with Crippen LogP contribution in [0.2, 0.25) is 0 Å². The Morgan fingerprint density at radius 3 is 2.63 bits per heavy atom. The first-order chi connectivity index (χ1) is 13.2. The molecule has 27 heavy (non-hydrogen) atoms. The second kappa shape index (κ2) is 5.57. The maximum Gasteiger partial charge on any atom is 0.267 e. The van der Waals surface area contributed by atoms with E-state index >= 15 is 0 Å². The average Bonchev–Trinajstić information content (AvgIpc) is 3.23. The highest BCUT2D eigenvalue weighted by Gasteiger charge is 2.40. The number of aryl methyl sites for hydroxylation is 1. The minimum atomic E-state index is -0.378. The standard InChI is InChI=1S/C20H13N5O2/c1-11-5-2-3-7-14(11)25-19(26)13-10-22-18-16(15(13)20(25)27)17(23-24-18)12-6-4-8-21-9-12/h2-10H,1H3,(H,22,23,24). The van der Waals surface area contributed by atoms with Crippen molar-refractivity contribution < 1.29 is 9.59 Å². The molecule has 1 N–H and O–H groups in total. The third-order valence-corrected chi connectivity index (χ3v) is 4.74. The molecule has 0 atom stereocenters. The van der Waals surface area contributed by atoms with Gasteiger partial charge in [0.2, 0.25) is 0 Å². The summed E-state index contributed by atoms with van der Waals surface area (Å²) in [6.45, 7) is 1.87. The highest BCUT2D eigenvalue weighted by Crippen LogP contribution is 2.36. The highest BCUT2D eigenvalue weighted by atomic mass is 16.2. The maximum absolute atomic E-state index is 13.3. The number of benzene rings is 1. The molecule has 1 aliphatic rings. The normalized spacial score (nSPS) is 13.4. The molecule has 3 aromatic heterocycles. The number of para-hydroxylation sites is 1. The Morgan fingerprint density at radius 2 is 1.85 bits per heavy atom. The first-order valence-corrected chi connectivity index (χ1v) is 8.38. The minimum Gasteiger partial charge on any atom is -0.275 e. The monoisotopic (exact) mass is 355 g/mol. The predicted octanol–water partition coefficient (Wildman–Crippen LogP) is 3.13. The van der Waals surface area contributed by atoms with E-state index in [0.29, 0.717) is 28.0 Å². The number of imide groups is 1. The van der Waals surface area contributed by atoms with Crippen molar-refractivity contribution in [1.29, 1.82) is 0 Å². The van der Waals surface area contributed by atoms with Crippen molar-refractivity contribution in [3.8, 4) is 11.3 Å². The van der Waals surface area contributed by atoms with E-state index in [9.17, 15) is 9.59 Å². The van der Waals surface area contributed by atoms with Crippen LogP contribution in [0.15, 0.2) is 55.0 Å². The van der Waals surface area contributed by atoms with E-state index in [1.807, 2.05) is 25.1 Å². The van der Waals surface area contributed by atoms with Crippen molar-refractivity contribution in [2.45, 2.75) is 6.92 Å².